The normalized spacial score (nSPS) is 14.1. The van der Waals surface area contributed by atoms with Crippen LogP contribution in [0.4, 0.5) is 4.79 Å². The van der Waals surface area contributed by atoms with E-state index >= 15 is 0 Å². The molecule has 1 N–H and O–H groups in total. The Labute approximate surface area is 130 Å². The Bertz CT molecular complexity index is 518. The molecule has 0 aliphatic heterocycles. The zero-order valence-electron chi connectivity index (χ0n) is 13.9. The maximum Gasteiger partial charge on any atom is 0.407 e. The molecule has 1 amide bonds. The van der Waals surface area contributed by atoms with Crippen LogP contribution in [-0.4, -0.2) is 35.8 Å². The summed E-state index contributed by atoms with van der Waals surface area (Å²) < 4.78 is 15.0. The average molecular weight is 312 g/mol. The van der Waals surface area contributed by atoms with Crippen LogP contribution in [0.2, 0.25) is 0 Å². The highest BCUT2D eigenvalue weighted by molar-refractivity contribution is 5.86. The van der Waals surface area contributed by atoms with Crippen molar-refractivity contribution in [1.29, 1.82) is 0 Å². The highest BCUT2D eigenvalue weighted by Gasteiger charge is 2.22. The Hall–Kier alpha value is -2.05. The molecule has 22 heavy (non-hydrogen) atoms. The molecule has 1 heterocycles. The molecule has 0 fully saturated rings. The van der Waals surface area contributed by atoms with Crippen molar-refractivity contribution in [3.05, 3.63) is 17.8 Å². The Morgan fingerprint density at radius 1 is 1.36 bits per heavy atom. The first kappa shape index (κ1) is 18.0. The molecular weight excluding hydrogens is 288 g/mol. The largest absolute Gasteiger partial charge is 0.464 e. The highest BCUT2D eigenvalue weighted by atomic mass is 16.6. The molecule has 1 aromatic heterocycles. The van der Waals surface area contributed by atoms with Crippen LogP contribution in [0.3, 0.4) is 0 Å². The van der Waals surface area contributed by atoms with E-state index in [9.17, 15) is 9.59 Å². The first-order chi connectivity index (χ1) is 10.1. The average Bonchev–Trinajstić information content (AvgIpc) is 2.84. The molecule has 7 heteroatoms. The van der Waals surface area contributed by atoms with Crippen molar-refractivity contribution in [2.45, 2.75) is 58.6 Å². The van der Waals surface area contributed by atoms with Gasteiger partial charge in [-0.2, -0.15) is 0 Å². The van der Waals surface area contributed by atoms with E-state index in [-0.39, 0.29) is 17.7 Å². The number of aromatic nitrogens is 1. The van der Waals surface area contributed by atoms with Crippen molar-refractivity contribution in [2.24, 2.45) is 0 Å². The number of alkyl carbamates (subject to hydrolysis) is 1. The van der Waals surface area contributed by atoms with Crippen LogP contribution >= 0.6 is 0 Å². The van der Waals surface area contributed by atoms with Gasteiger partial charge in [0, 0.05) is 12.0 Å². The topological polar surface area (TPSA) is 90.7 Å². The minimum Gasteiger partial charge on any atom is -0.464 e. The lowest BCUT2D eigenvalue weighted by atomic mass is 10.0. The summed E-state index contributed by atoms with van der Waals surface area (Å²) in [6, 6.07) is -0.127. The molecule has 0 bridgehead atoms. The van der Waals surface area contributed by atoms with Crippen molar-refractivity contribution in [3.63, 3.8) is 0 Å². The minimum atomic E-state index is -0.540. The van der Waals surface area contributed by atoms with E-state index in [0.717, 1.165) is 0 Å². The summed E-state index contributed by atoms with van der Waals surface area (Å²) in [6.45, 7) is 9.19. The highest BCUT2D eigenvalue weighted by Crippen LogP contribution is 2.20. The van der Waals surface area contributed by atoms with Crippen LogP contribution < -0.4 is 5.32 Å². The molecule has 7 nitrogen and oxygen atoms in total. The predicted octanol–water partition coefficient (Wildman–Crippen LogP) is 2.87. The van der Waals surface area contributed by atoms with E-state index in [1.165, 1.54) is 13.4 Å². The van der Waals surface area contributed by atoms with E-state index in [4.69, 9.17) is 9.15 Å². The molecule has 0 aliphatic rings. The van der Waals surface area contributed by atoms with Gasteiger partial charge in [-0.3, -0.25) is 0 Å². The van der Waals surface area contributed by atoms with Crippen LogP contribution in [0.15, 0.2) is 10.7 Å². The Kier molecular flexibility index (Phi) is 5.96. The second kappa shape index (κ2) is 7.29. The lowest BCUT2D eigenvalue weighted by Crippen LogP contribution is -2.38. The van der Waals surface area contributed by atoms with Gasteiger partial charge in [-0.15, -0.1) is 0 Å². The molecule has 0 unspecified atom stereocenters. The maximum absolute atomic E-state index is 11.7. The number of carbonyl (C=O) groups is 2. The third-order valence-corrected chi connectivity index (χ3v) is 2.81. The summed E-state index contributed by atoms with van der Waals surface area (Å²) >= 11 is 0. The molecule has 0 aromatic carbocycles. The number of carbonyl (C=O) groups excluding carboxylic acids is 2. The molecule has 0 saturated carbocycles. The van der Waals surface area contributed by atoms with Gasteiger partial charge in [-0.25, -0.2) is 14.6 Å². The van der Waals surface area contributed by atoms with Crippen LogP contribution in [0.1, 0.15) is 63.3 Å². The molecule has 2 atom stereocenters. The van der Waals surface area contributed by atoms with Gasteiger partial charge in [0.2, 0.25) is 0 Å². The zero-order chi connectivity index (χ0) is 16.9. The number of amides is 1. The van der Waals surface area contributed by atoms with Gasteiger partial charge in [-0.1, -0.05) is 6.92 Å². The first-order valence-electron chi connectivity index (χ1n) is 7.15. The van der Waals surface area contributed by atoms with Crippen LogP contribution in [0, 0.1) is 0 Å². The van der Waals surface area contributed by atoms with E-state index in [2.05, 4.69) is 15.0 Å². The van der Waals surface area contributed by atoms with Gasteiger partial charge in [0.25, 0.3) is 0 Å². The van der Waals surface area contributed by atoms with E-state index in [1.807, 2.05) is 13.8 Å². The van der Waals surface area contributed by atoms with Crippen LogP contribution in [0.25, 0.3) is 0 Å². The summed E-state index contributed by atoms with van der Waals surface area (Å²) in [5.41, 5.74) is -0.398. The van der Waals surface area contributed by atoms with Gasteiger partial charge < -0.3 is 19.2 Å². The zero-order valence-corrected chi connectivity index (χ0v) is 13.9. The minimum absolute atomic E-state index is 0.0663. The Balaban J connectivity index is 2.53. The number of nitrogens with one attached hydrogen (secondary N) is 1. The van der Waals surface area contributed by atoms with Crippen molar-refractivity contribution >= 4 is 12.1 Å². The summed E-state index contributed by atoms with van der Waals surface area (Å²) in [5.74, 6) is -0.177. The monoisotopic (exact) mass is 312 g/mol. The smallest absolute Gasteiger partial charge is 0.407 e. The van der Waals surface area contributed by atoms with E-state index < -0.39 is 17.7 Å². The second-order valence-electron chi connectivity index (χ2n) is 6.25. The number of hydrogen-bond donors (Lipinski definition) is 1. The third-order valence-electron chi connectivity index (χ3n) is 2.81. The fraction of sp³-hybridized carbons (Fsp3) is 0.667. The molecule has 1 rings (SSSR count). The summed E-state index contributed by atoms with van der Waals surface area (Å²) in [7, 11) is 1.28. The molecule has 0 aliphatic carbocycles. The van der Waals surface area contributed by atoms with Gasteiger partial charge >= 0.3 is 12.1 Å². The number of oxazole rings is 1. The SMILES string of the molecule is COC(=O)c1coc([C@H](C)C[C@H](C)NC(=O)OC(C)(C)C)n1. The molecule has 1 aromatic rings. The van der Waals surface area contributed by atoms with Gasteiger partial charge in [0.05, 0.1) is 7.11 Å². The van der Waals surface area contributed by atoms with E-state index in [1.54, 1.807) is 20.8 Å². The van der Waals surface area contributed by atoms with Gasteiger partial charge in [0.1, 0.15) is 11.9 Å². The lowest BCUT2D eigenvalue weighted by molar-refractivity contribution is 0.0503. The third kappa shape index (κ3) is 5.75. The fourth-order valence-electron chi connectivity index (χ4n) is 1.91. The predicted molar refractivity (Wildman–Crippen MR) is 79.7 cm³/mol. The van der Waals surface area contributed by atoms with Gasteiger partial charge in [-0.05, 0) is 34.1 Å². The molecular formula is C15H24N2O5. The first-order valence-corrected chi connectivity index (χ1v) is 7.15. The summed E-state index contributed by atoms with van der Waals surface area (Å²) in [4.78, 5) is 27.1. The van der Waals surface area contributed by atoms with Crippen molar-refractivity contribution in [3.8, 4) is 0 Å². The van der Waals surface area contributed by atoms with Gasteiger partial charge in [0.15, 0.2) is 11.6 Å². The molecule has 0 radical (unpaired) electrons. The fourth-order valence-corrected chi connectivity index (χ4v) is 1.91. The number of ether oxygens (including phenoxy) is 2. The summed E-state index contributed by atoms with van der Waals surface area (Å²) in [5, 5.41) is 2.76. The second-order valence-corrected chi connectivity index (χ2v) is 6.25. The number of nitrogens with zero attached hydrogens (tertiary/aromatic N) is 1. The number of rotatable bonds is 5. The van der Waals surface area contributed by atoms with Crippen LogP contribution in [0.5, 0.6) is 0 Å². The number of hydrogen-bond acceptors (Lipinski definition) is 6. The summed E-state index contributed by atoms with van der Waals surface area (Å²) in [6.07, 6.45) is 1.40. The van der Waals surface area contributed by atoms with Crippen molar-refractivity contribution < 1.29 is 23.5 Å². The number of methoxy groups -OCH3 is 1. The standard InChI is InChI=1S/C15H24N2O5/c1-9(12-17-11(8-21-12)13(18)20-6)7-10(2)16-14(19)22-15(3,4)5/h8-10H,7H2,1-6H3,(H,16,19)/t9-,10+/m1/s1. The molecule has 124 valence electrons. The van der Waals surface area contributed by atoms with E-state index in [0.29, 0.717) is 12.3 Å². The number of esters is 1. The van der Waals surface area contributed by atoms with Crippen molar-refractivity contribution in [1.82, 2.24) is 10.3 Å². The lowest BCUT2D eigenvalue weighted by Gasteiger charge is -2.22. The maximum atomic E-state index is 11.7. The van der Waals surface area contributed by atoms with Crippen LogP contribution in [-0.2, 0) is 9.47 Å². The Morgan fingerprint density at radius 2 is 2.00 bits per heavy atom. The Morgan fingerprint density at radius 3 is 2.55 bits per heavy atom. The molecule has 0 saturated heterocycles. The van der Waals surface area contributed by atoms with Crippen molar-refractivity contribution in [2.75, 3.05) is 7.11 Å². The quantitative estimate of drug-likeness (QED) is 0.841. The molecule has 0 spiro atoms.